The van der Waals surface area contributed by atoms with Crippen molar-refractivity contribution in [3.05, 3.63) is 29.3 Å². The summed E-state index contributed by atoms with van der Waals surface area (Å²) in [5.41, 5.74) is -0.376. The average Bonchev–Trinajstić information content (AvgIpc) is 2.40. The third kappa shape index (κ3) is 4.11. The van der Waals surface area contributed by atoms with Crippen molar-refractivity contribution in [1.29, 1.82) is 0 Å². The lowest BCUT2D eigenvalue weighted by atomic mass is 10.1. The summed E-state index contributed by atoms with van der Waals surface area (Å²) in [7, 11) is 0. The van der Waals surface area contributed by atoms with Crippen molar-refractivity contribution in [3.63, 3.8) is 0 Å². The summed E-state index contributed by atoms with van der Waals surface area (Å²) in [6, 6.07) is 4.23. The van der Waals surface area contributed by atoms with E-state index in [9.17, 15) is 18.3 Å². The number of phenols is 1. The minimum Gasteiger partial charge on any atom is -0.507 e. The summed E-state index contributed by atoms with van der Waals surface area (Å²) < 4.78 is 38.3. The van der Waals surface area contributed by atoms with Crippen molar-refractivity contribution in [2.45, 2.75) is 32.6 Å². The predicted octanol–water partition coefficient (Wildman–Crippen LogP) is 2.94. The van der Waals surface area contributed by atoms with Crippen LogP contribution in [-0.2, 0) is 12.7 Å². The number of hydrogen-bond donors (Lipinski definition) is 1. The second kappa shape index (κ2) is 6.23. The topological polar surface area (TPSA) is 26.7 Å². The molecule has 0 aliphatic carbocycles. The summed E-state index contributed by atoms with van der Waals surface area (Å²) in [4.78, 5) is 4.50. The van der Waals surface area contributed by atoms with Crippen molar-refractivity contribution >= 4 is 0 Å². The standard InChI is InChI=1S/C15H21F3N2O/c1-11(2)20-7-5-19(6-8-20)10-12-3-4-14(21)13(9-12)15(16,17)18/h3-4,9,11,21H,5-8,10H2,1-2H3. The first-order valence-electron chi connectivity index (χ1n) is 7.13. The van der Waals surface area contributed by atoms with Crippen molar-refractivity contribution < 1.29 is 18.3 Å². The molecule has 1 aromatic carbocycles. The van der Waals surface area contributed by atoms with Gasteiger partial charge in [0.25, 0.3) is 0 Å². The van der Waals surface area contributed by atoms with E-state index in [0.717, 1.165) is 38.3 Å². The summed E-state index contributed by atoms with van der Waals surface area (Å²) in [5.74, 6) is -0.712. The number of phenolic OH excluding ortho intramolecular Hbond substituents is 1. The van der Waals surface area contributed by atoms with E-state index in [2.05, 4.69) is 23.6 Å². The van der Waals surface area contributed by atoms with E-state index in [1.165, 1.54) is 0 Å². The Bertz CT molecular complexity index is 480. The highest BCUT2D eigenvalue weighted by Crippen LogP contribution is 2.36. The Morgan fingerprint density at radius 3 is 2.29 bits per heavy atom. The van der Waals surface area contributed by atoms with Crippen LogP contribution < -0.4 is 0 Å². The van der Waals surface area contributed by atoms with Gasteiger partial charge in [0.2, 0.25) is 0 Å². The maximum atomic E-state index is 12.8. The second-order valence-corrected chi connectivity index (χ2v) is 5.76. The van der Waals surface area contributed by atoms with Gasteiger partial charge in [0.1, 0.15) is 5.75 Å². The number of aromatic hydroxyl groups is 1. The molecule has 0 saturated carbocycles. The molecule has 1 aliphatic heterocycles. The second-order valence-electron chi connectivity index (χ2n) is 5.76. The van der Waals surface area contributed by atoms with Crippen LogP contribution in [-0.4, -0.2) is 47.1 Å². The van der Waals surface area contributed by atoms with Crippen LogP contribution >= 0.6 is 0 Å². The fourth-order valence-electron chi connectivity index (χ4n) is 2.60. The average molecular weight is 302 g/mol. The van der Waals surface area contributed by atoms with Crippen LogP contribution in [0.5, 0.6) is 5.75 Å². The first-order valence-corrected chi connectivity index (χ1v) is 7.13. The summed E-state index contributed by atoms with van der Waals surface area (Å²) >= 11 is 0. The number of rotatable bonds is 3. The number of nitrogens with zero attached hydrogens (tertiary/aromatic N) is 2. The largest absolute Gasteiger partial charge is 0.507 e. The van der Waals surface area contributed by atoms with Crippen LogP contribution in [0.1, 0.15) is 25.0 Å². The van der Waals surface area contributed by atoms with Crippen LogP contribution in [0, 0.1) is 0 Å². The van der Waals surface area contributed by atoms with Crippen molar-refractivity contribution in [3.8, 4) is 5.75 Å². The molecule has 21 heavy (non-hydrogen) atoms. The number of benzene rings is 1. The maximum Gasteiger partial charge on any atom is 0.419 e. The van der Waals surface area contributed by atoms with E-state index < -0.39 is 17.5 Å². The minimum absolute atomic E-state index is 0.481. The van der Waals surface area contributed by atoms with Crippen LogP contribution in [0.2, 0.25) is 0 Å². The van der Waals surface area contributed by atoms with Gasteiger partial charge in [-0.2, -0.15) is 13.2 Å². The summed E-state index contributed by atoms with van der Waals surface area (Å²) in [6.45, 7) is 8.33. The summed E-state index contributed by atoms with van der Waals surface area (Å²) in [5, 5.41) is 9.33. The normalized spacial score (nSPS) is 18.4. The molecule has 6 heteroatoms. The van der Waals surface area contributed by atoms with Gasteiger partial charge in [-0.3, -0.25) is 9.80 Å². The van der Waals surface area contributed by atoms with E-state index in [1.807, 2.05) is 0 Å². The van der Waals surface area contributed by atoms with Gasteiger partial charge in [-0.25, -0.2) is 0 Å². The number of piperazine rings is 1. The molecule has 0 radical (unpaired) electrons. The molecule has 0 atom stereocenters. The lowest BCUT2D eigenvalue weighted by Gasteiger charge is -2.37. The van der Waals surface area contributed by atoms with Gasteiger partial charge in [0.15, 0.2) is 0 Å². The van der Waals surface area contributed by atoms with Gasteiger partial charge in [0.05, 0.1) is 5.56 Å². The molecule has 1 heterocycles. The molecule has 2 rings (SSSR count). The zero-order valence-electron chi connectivity index (χ0n) is 12.3. The van der Waals surface area contributed by atoms with Gasteiger partial charge >= 0.3 is 6.18 Å². The van der Waals surface area contributed by atoms with Crippen molar-refractivity contribution in [2.24, 2.45) is 0 Å². The van der Waals surface area contributed by atoms with E-state index in [-0.39, 0.29) is 0 Å². The quantitative estimate of drug-likeness (QED) is 0.930. The highest BCUT2D eigenvalue weighted by molar-refractivity contribution is 5.38. The van der Waals surface area contributed by atoms with Crippen molar-refractivity contribution in [2.75, 3.05) is 26.2 Å². The van der Waals surface area contributed by atoms with Crippen LogP contribution in [0.25, 0.3) is 0 Å². The van der Waals surface area contributed by atoms with Gasteiger partial charge in [-0.05, 0) is 31.5 Å². The Morgan fingerprint density at radius 1 is 1.14 bits per heavy atom. The van der Waals surface area contributed by atoms with E-state index in [0.29, 0.717) is 18.2 Å². The first-order chi connectivity index (χ1) is 9.77. The fraction of sp³-hybridized carbons (Fsp3) is 0.600. The minimum atomic E-state index is -4.52. The molecule has 0 aromatic heterocycles. The smallest absolute Gasteiger partial charge is 0.419 e. The molecular weight excluding hydrogens is 281 g/mol. The van der Waals surface area contributed by atoms with Gasteiger partial charge in [-0.1, -0.05) is 6.07 Å². The molecule has 1 N–H and O–H groups in total. The SMILES string of the molecule is CC(C)N1CCN(Cc2ccc(O)c(C(F)(F)F)c2)CC1. The molecule has 1 aromatic rings. The first kappa shape index (κ1) is 16.1. The number of halogens is 3. The monoisotopic (exact) mass is 302 g/mol. The Balaban J connectivity index is 2.01. The molecular formula is C15H21F3N2O. The van der Waals surface area contributed by atoms with Gasteiger partial charge in [-0.15, -0.1) is 0 Å². The van der Waals surface area contributed by atoms with E-state index in [4.69, 9.17) is 0 Å². The Labute approximate surface area is 123 Å². The Kier molecular flexibility index (Phi) is 4.78. The van der Waals surface area contributed by atoms with Gasteiger partial charge < -0.3 is 5.11 Å². The molecule has 1 fully saturated rings. The molecule has 3 nitrogen and oxygen atoms in total. The third-order valence-corrected chi connectivity index (χ3v) is 3.91. The van der Waals surface area contributed by atoms with Crippen LogP contribution in [0.15, 0.2) is 18.2 Å². The molecule has 0 spiro atoms. The molecule has 1 saturated heterocycles. The molecule has 118 valence electrons. The predicted molar refractivity (Wildman–Crippen MR) is 75.1 cm³/mol. The zero-order valence-corrected chi connectivity index (χ0v) is 12.3. The van der Waals surface area contributed by atoms with Crippen LogP contribution in [0.3, 0.4) is 0 Å². The molecule has 0 bridgehead atoms. The Hall–Kier alpha value is -1.27. The van der Waals surface area contributed by atoms with E-state index in [1.54, 1.807) is 6.07 Å². The Morgan fingerprint density at radius 2 is 1.76 bits per heavy atom. The van der Waals surface area contributed by atoms with Crippen LogP contribution in [0.4, 0.5) is 13.2 Å². The highest BCUT2D eigenvalue weighted by Gasteiger charge is 2.34. The maximum absolute atomic E-state index is 12.8. The molecule has 1 aliphatic rings. The molecule has 0 amide bonds. The van der Waals surface area contributed by atoms with E-state index >= 15 is 0 Å². The lowest BCUT2D eigenvalue weighted by Crippen LogP contribution is -2.48. The van der Waals surface area contributed by atoms with Gasteiger partial charge in [0, 0.05) is 38.8 Å². The van der Waals surface area contributed by atoms with Crippen molar-refractivity contribution in [1.82, 2.24) is 9.80 Å². The third-order valence-electron chi connectivity index (χ3n) is 3.91. The number of alkyl halides is 3. The highest BCUT2D eigenvalue weighted by atomic mass is 19.4. The summed E-state index contributed by atoms with van der Waals surface area (Å²) in [6.07, 6.45) is -4.52. The molecule has 0 unspecified atom stereocenters. The zero-order chi connectivity index (χ0) is 15.6. The fourth-order valence-corrected chi connectivity index (χ4v) is 2.60. The number of hydrogen-bond acceptors (Lipinski definition) is 3. The lowest BCUT2D eigenvalue weighted by molar-refractivity contribution is -0.138.